The highest BCUT2D eigenvalue weighted by atomic mass is 35.5. The van der Waals surface area contributed by atoms with E-state index in [1.807, 2.05) is 0 Å². The van der Waals surface area contributed by atoms with E-state index in [1.54, 1.807) is 68.3 Å². The van der Waals surface area contributed by atoms with Crippen molar-refractivity contribution in [1.82, 2.24) is 14.1 Å². The number of amides is 1. The van der Waals surface area contributed by atoms with Gasteiger partial charge in [0.2, 0.25) is 15.9 Å². The number of hydrogen-bond donors (Lipinski definition) is 1. The molecule has 0 fully saturated rings. The van der Waals surface area contributed by atoms with Gasteiger partial charge in [0.15, 0.2) is 5.75 Å². The first kappa shape index (κ1) is 24.5. The fourth-order valence-electron chi connectivity index (χ4n) is 3.07. The molecule has 3 aromatic rings. The summed E-state index contributed by atoms with van der Waals surface area (Å²) >= 11 is 5.93. The van der Waals surface area contributed by atoms with Crippen molar-refractivity contribution in [3.05, 3.63) is 71.5 Å². The summed E-state index contributed by atoms with van der Waals surface area (Å²) in [5.41, 5.74) is 0.974. The van der Waals surface area contributed by atoms with Crippen molar-refractivity contribution < 1.29 is 17.9 Å². The summed E-state index contributed by atoms with van der Waals surface area (Å²) < 4.78 is 34.8. The molecule has 0 aliphatic carbocycles. The minimum Gasteiger partial charge on any atom is -0.455 e. The summed E-state index contributed by atoms with van der Waals surface area (Å²) in [7, 11) is -1.95. The summed E-state index contributed by atoms with van der Waals surface area (Å²) in [4.78, 5) is 12.6. The number of nitrogens with zero attached hydrogens (tertiary/aromatic N) is 3. The number of rotatable bonds is 9. The molecule has 1 heterocycles. The third kappa shape index (κ3) is 6.22. The highest BCUT2D eigenvalue weighted by Crippen LogP contribution is 2.33. The number of sulfonamides is 1. The van der Waals surface area contributed by atoms with Crippen LogP contribution >= 0.6 is 11.6 Å². The minimum absolute atomic E-state index is 0.0567. The van der Waals surface area contributed by atoms with Crippen LogP contribution in [0.4, 0.5) is 5.69 Å². The molecule has 33 heavy (non-hydrogen) atoms. The smallest absolute Gasteiger partial charge is 0.248 e. The van der Waals surface area contributed by atoms with Gasteiger partial charge in [-0.2, -0.15) is 9.40 Å². The lowest BCUT2D eigenvalue weighted by molar-refractivity contribution is -0.111. The van der Waals surface area contributed by atoms with E-state index in [1.165, 1.54) is 28.6 Å². The van der Waals surface area contributed by atoms with Gasteiger partial charge in [-0.3, -0.25) is 9.48 Å². The highest BCUT2D eigenvalue weighted by Gasteiger charge is 2.23. The van der Waals surface area contributed by atoms with E-state index < -0.39 is 15.9 Å². The Morgan fingerprint density at radius 2 is 1.88 bits per heavy atom. The molecule has 2 aromatic carbocycles. The Labute approximate surface area is 198 Å². The third-order valence-electron chi connectivity index (χ3n) is 4.75. The largest absolute Gasteiger partial charge is 0.455 e. The monoisotopic (exact) mass is 488 g/mol. The maximum absolute atomic E-state index is 13.0. The Hall–Kier alpha value is -3.14. The number of halogens is 1. The molecule has 0 unspecified atom stereocenters. The van der Waals surface area contributed by atoms with E-state index in [2.05, 4.69) is 10.4 Å². The molecule has 0 aliphatic heterocycles. The van der Waals surface area contributed by atoms with E-state index in [9.17, 15) is 13.2 Å². The number of nitrogens with one attached hydrogen (secondary N) is 1. The zero-order valence-electron chi connectivity index (χ0n) is 18.5. The quantitative estimate of drug-likeness (QED) is 0.446. The van der Waals surface area contributed by atoms with Crippen LogP contribution in [0.2, 0.25) is 5.02 Å². The van der Waals surface area contributed by atoms with Crippen molar-refractivity contribution >= 4 is 39.3 Å². The standard InChI is InChI=1S/C23H25ClN4O4S/c1-4-28(5-2)33(30,31)20-11-12-22(32-19-9-7-18(24)8-10-19)21(14-20)26-23(29)13-6-17-15-25-27(3)16-17/h6-16H,4-5H2,1-3H3,(H,26,29)/b13-6+. The Morgan fingerprint density at radius 1 is 1.18 bits per heavy atom. The normalized spacial score (nSPS) is 11.8. The van der Waals surface area contributed by atoms with Crippen molar-refractivity contribution in [2.75, 3.05) is 18.4 Å². The first-order valence-electron chi connectivity index (χ1n) is 10.3. The molecular formula is C23H25ClN4O4S. The average molecular weight is 489 g/mol. The second-order valence-electron chi connectivity index (χ2n) is 7.07. The SMILES string of the molecule is CCN(CC)S(=O)(=O)c1ccc(Oc2ccc(Cl)cc2)c(NC(=O)/C=C/c2cnn(C)c2)c1. The molecule has 0 bridgehead atoms. The number of carbonyl (C=O) groups excluding carboxylic acids is 1. The van der Waals surface area contributed by atoms with E-state index in [-0.39, 0.29) is 10.6 Å². The maximum atomic E-state index is 13.0. The van der Waals surface area contributed by atoms with E-state index in [4.69, 9.17) is 16.3 Å². The van der Waals surface area contributed by atoms with Gasteiger partial charge < -0.3 is 10.1 Å². The minimum atomic E-state index is -3.73. The number of ether oxygens (including phenoxy) is 1. The lowest BCUT2D eigenvalue weighted by Crippen LogP contribution is -2.30. The van der Waals surface area contributed by atoms with Crippen molar-refractivity contribution in [3.63, 3.8) is 0 Å². The van der Waals surface area contributed by atoms with Crippen LogP contribution in [0.3, 0.4) is 0 Å². The van der Waals surface area contributed by atoms with Crippen LogP contribution in [0.15, 0.2) is 65.8 Å². The lowest BCUT2D eigenvalue weighted by Gasteiger charge is -2.20. The second-order valence-corrected chi connectivity index (χ2v) is 9.45. The van der Waals surface area contributed by atoms with Crippen molar-refractivity contribution in [2.45, 2.75) is 18.7 Å². The Kier molecular flexibility index (Phi) is 7.91. The summed E-state index contributed by atoms with van der Waals surface area (Å²) in [5.74, 6) is 0.330. The van der Waals surface area contributed by atoms with E-state index in [0.717, 1.165) is 5.56 Å². The predicted octanol–water partition coefficient (Wildman–Crippen LogP) is 4.55. The van der Waals surface area contributed by atoms with Crippen LogP contribution in [0.5, 0.6) is 11.5 Å². The van der Waals surface area contributed by atoms with Crippen LogP contribution < -0.4 is 10.1 Å². The van der Waals surface area contributed by atoms with Crippen LogP contribution in [-0.4, -0.2) is 41.5 Å². The topological polar surface area (TPSA) is 93.5 Å². The van der Waals surface area contributed by atoms with Crippen molar-refractivity contribution in [1.29, 1.82) is 0 Å². The summed E-state index contributed by atoms with van der Waals surface area (Å²) in [6.07, 6.45) is 6.33. The molecule has 0 spiro atoms. The number of carbonyl (C=O) groups is 1. The lowest BCUT2D eigenvalue weighted by atomic mass is 10.2. The Bertz CT molecular complexity index is 1250. The Balaban J connectivity index is 1.94. The van der Waals surface area contributed by atoms with Crippen molar-refractivity contribution in [2.24, 2.45) is 7.05 Å². The molecule has 0 radical (unpaired) electrons. The molecule has 8 nitrogen and oxygen atoms in total. The van der Waals surface area contributed by atoms with Gasteiger partial charge in [0.05, 0.1) is 16.8 Å². The first-order valence-corrected chi connectivity index (χ1v) is 12.1. The van der Waals surface area contributed by atoms with Crippen LogP contribution in [0, 0.1) is 0 Å². The number of benzene rings is 2. The summed E-state index contributed by atoms with van der Waals surface area (Å²) in [6, 6.07) is 11.1. The average Bonchev–Trinajstić information content (AvgIpc) is 3.20. The van der Waals surface area contributed by atoms with Crippen molar-refractivity contribution in [3.8, 4) is 11.5 Å². The first-order chi connectivity index (χ1) is 15.7. The Morgan fingerprint density at radius 3 is 2.48 bits per heavy atom. The molecule has 1 N–H and O–H groups in total. The molecule has 0 saturated heterocycles. The third-order valence-corrected chi connectivity index (χ3v) is 7.04. The molecule has 0 aliphatic rings. The van der Waals surface area contributed by atoms with Gasteiger partial charge in [0.1, 0.15) is 5.75 Å². The molecule has 174 valence electrons. The fourth-order valence-corrected chi connectivity index (χ4v) is 4.68. The highest BCUT2D eigenvalue weighted by molar-refractivity contribution is 7.89. The van der Waals surface area contributed by atoms with Gasteiger partial charge in [0.25, 0.3) is 0 Å². The number of hydrogen-bond acceptors (Lipinski definition) is 5. The molecule has 1 amide bonds. The zero-order valence-corrected chi connectivity index (χ0v) is 20.1. The molecule has 1 aromatic heterocycles. The molecular weight excluding hydrogens is 464 g/mol. The fraction of sp³-hybridized carbons (Fsp3) is 0.217. The number of aromatic nitrogens is 2. The van der Waals surface area contributed by atoms with E-state index >= 15 is 0 Å². The van der Waals surface area contributed by atoms with Crippen LogP contribution in [-0.2, 0) is 21.9 Å². The van der Waals surface area contributed by atoms with Gasteiger partial charge in [-0.15, -0.1) is 0 Å². The molecule has 10 heteroatoms. The van der Waals surface area contributed by atoms with Gasteiger partial charge in [-0.05, 0) is 48.5 Å². The second kappa shape index (κ2) is 10.7. The number of anilines is 1. The van der Waals surface area contributed by atoms with Crippen LogP contribution in [0.1, 0.15) is 19.4 Å². The molecule has 0 atom stereocenters. The van der Waals surface area contributed by atoms with Crippen LogP contribution in [0.25, 0.3) is 6.08 Å². The van der Waals surface area contributed by atoms with Gasteiger partial charge in [-0.1, -0.05) is 25.4 Å². The zero-order chi connectivity index (χ0) is 24.0. The maximum Gasteiger partial charge on any atom is 0.248 e. The van der Waals surface area contributed by atoms with E-state index in [0.29, 0.717) is 29.6 Å². The summed E-state index contributed by atoms with van der Waals surface area (Å²) in [6.45, 7) is 4.20. The van der Waals surface area contributed by atoms with Gasteiger partial charge in [0, 0.05) is 43.0 Å². The van der Waals surface area contributed by atoms with Gasteiger partial charge >= 0.3 is 0 Å². The molecule has 3 rings (SSSR count). The van der Waals surface area contributed by atoms with Gasteiger partial charge in [-0.25, -0.2) is 8.42 Å². The summed E-state index contributed by atoms with van der Waals surface area (Å²) in [5, 5.41) is 7.32. The predicted molar refractivity (Wildman–Crippen MR) is 129 cm³/mol. The number of aryl methyl sites for hydroxylation is 1. The molecule has 0 saturated carbocycles.